The Balaban J connectivity index is 1.66. The van der Waals surface area contributed by atoms with Gasteiger partial charge < -0.3 is 5.11 Å². The second-order valence-corrected chi connectivity index (χ2v) is 5.73. The number of hydrogen-bond acceptors (Lipinski definition) is 3. The fourth-order valence-corrected chi connectivity index (χ4v) is 3.81. The number of hydrogen-bond donors (Lipinski definition) is 1. The molecule has 1 heterocycles. The van der Waals surface area contributed by atoms with Gasteiger partial charge in [-0.15, -0.1) is 5.10 Å². The molecular formula is C15H17N3O. The van der Waals surface area contributed by atoms with Gasteiger partial charge in [-0.25, -0.2) is 4.68 Å². The quantitative estimate of drug-likeness (QED) is 0.890. The summed E-state index contributed by atoms with van der Waals surface area (Å²) in [6.07, 6.45) is 3.57. The van der Waals surface area contributed by atoms with Crippen LogP contribution in [0, 0.1) is 11.8 Å². The van der Waals surface area contributed by atoms with Gasteiger partial charge in [0.15, 0.2) is 0 Å². The number of aromatic nitrogens is 3. The Labute approximate surface area is 112 Å². The highest BCUT2D eigenvalue weighted by Gasteiger charge is 2.56. The Kier molecular flexibility index (Phi) is 2.30. The summed E-state index contributed by atoms with van der Waals surface area (Å²) in [5.41, 5.74) is 3.73. The van der Waals surface area contributed by atoms with E-state index in [2.05, 4.69) is 34.6 Å². The molecule has 4 atom stereocenters. The summed E-state index contributed by atoms with van der Waals surface area (Å²) in [6.45, 7) is 0. The summed E-state index contributed by atoms with van der Waals surface area (Å²) in [6, 6.07) is 8.66. The summed E-state index contributed by atoms with van der Waals surface area (Å²) in [7, 11) is 1.84. The zero-order valence-electron chi connectivity index (χ0n) is 10.9. The van der Waals surface area contributed by atoms with Crippen LogP contribution in [0.5, 0.6) is 0 Å². The molecule has 0 saturated heterocycles. The molecule has 19 heavy (non-hydrogen) atoms. The Morgan fingerprint density at radius 1 is 1.37 bits per heavy atom. The Hall–Kier alpha value is -1.68. The molecule has 2 aromatic rings. The molecule has 0 spiro atoms. The van der Waals surface area contributed by atoms with Gasteiger partial charge in [-0.1, -0.05) is 29.5 Å². The minimum atomic E-state index is -0.443. The zero-order valence-corrected chi connectivity index (χ0v) is 10.9. The van der Waals surface area contributed by atoms with Crippen LogP contribution in [0.2, 0.25) is 0 Å². The van der Waals surface area contributed by atoms with Crippen molar-refractivity contribution in [3.8, 4) is 0 Å². The van der Waals surface area contributed by atoms with Crippen LogP contribution in [-0.4, -0.2) is 20.1 Å². The molecule has 4 unspecified atom stereocenters. The summed E-state index contributed by atoms with van der Waals surface area (Å²) in [5.74, 6) is 1.48. The molecule has 1 fully saturated rings. The Bertz CT molecular complexity index is 621. The van der Waals surface area contributed by atoms with Gasteiger partial charge in [0.05, 0.1) is 11.9 Å². The number of fused-ring (bicyclic) bond motifs is 3. The molecule has 1 aromatic heterocycles. The van der Waals surface area contributed by atoms with Crippen LogP contribution in [0.3, 0.4) is 0 Å². The van der Waals surface area contributed by atoms with E-state index < -0.39 is 6.10 Å². The van der Waals surface area contributed by atoms with Crippen LogP contribution in [-0.2, 0) is 13.5 Å². The van der Waals surface area contributed by atoms with Gasteiger partial charge in [0.1, 0.15) is 6.10 Å². The lowest BCUT2D eigenvalue weighted by Gasteiger charge is -2.13. The standard InChI is InChI=1S/C15H17N3O/c1-18-12(8-16-17-18)15(19)14-11-7-6-9-4-2-3-5-10(9)13(11)14/h2-5,8,11,13-15,19H,6-7H2,1H3. The van der Waals surface area contributed by atoms with Gasteiger partial charge in [-0.2, -0.15) is 0 Å². The highest BCUT2D eigenvalue weighted by atomic mass is 16.3. The topological polar surface area (TPSA) is 50.9 Å². The van der Waals surface area contributed by atoms with Crippen LogP contribution in [0.15, 0.2) is 30.5 Å². The Morgan fingerprint density at radius 2 is 2.21 bits per heavy atom. The lowest BCUT2D eigenvalue weighted by molar-refractivity contribution is 0.136. The molecule has 2 aliphatic rings. The van der Waals surface area contributed by atoms with E-state index in [0.717, 1.165) is 12.1 Å². The van der Waals surface area contributed by atoms with E-state index in [0.29, 0.717) is 17.8 Å². The lowest BCUT2D eigenvalue weighted by Crippen LogP contribution is -2.08. The van der Waals surface area contributed by atoms with Crippen LogP contribution in [0.25, 0.3) is 0 Å². The van der Waals surface area contributed by atoms with E-state index in [-0.39, 0.29) is 0 Å². The van der Waals surface area contributed by atoms with Gasteiger partial charge >= 0.3 is 0 Å². The summed E-state index contributed by atoms with van der Waals surface area (Å²) in [5, 5.41) is 18.4. The lowest BCUT2D eigenvalue weighted by atomic mass is 9.92. The molecule has 98 valence electrons. The normalized spacial score (nSPS) is 29.5. The third kappa shape index (κ3) is 1.56. The van der Waals surface area contributed by atoms with E-state index in [4.69, 9.17) is 0 Å². The van der Waals surface area contributed by atoms with Crippen molar-refractivity contribution in [1.82, 2.24) is 15.0 Å². The van der Waals surface area contributed by atoms with Gasteiger partial charge in [-0.05, 0) is 35.8 Å². The number of aliphatic hydroxyl groups is 1. The molecule has 4 nitrogen and oxygen atoms in total. The molecule has 4 rings (SSSR count). The molecule has 1 aromatic carbocycles. The van der Waals surface area contributed by atoms with E-state index in [1.807, 2.05) is 7.05 Å². The maximum absolute atomic E-state index is 10.6. The van der Waals surface area contributed by atoms with Crippen molar-refractivity contribution in [2.75, 3.05) is 0 Å². The first-order valence-corrected chi connectivity index (χ1v) is 6.88. The molecule has 2 aliphatic carbocycles. The minimum absolute atomic E-state index is 0.334. The van der Waals surface area contributed by atoms with Crippen LogP contribution >= 0.6 is 0 Å². The highest BCUT2D eigenvalue weighted by Crippen LogP contribution is 2.64. The number of benzene rings is 1. The maximum Gasteiger partial charge on any atom is 0.101 e. The van der Waals surface area contributed by atoms with Crippen molar-refractivity contribution >= 4 is 0 Å². The molecule has 4 heteroatoms. The monoisotopic (exact) mass is 255 g/mol. The third-order valence-corrected chi connectivity index (χ3v) is 4.81. The van der Waals surface area contributed by atoms with Gasteiger partial charge in [0, 0.05) is 13.0 Å². The molecule has 1 saturated carbocycles. The summed E-state index contributed by atoms with van der Waals surface area (Å²) >= 11 is 0. The zero-order chi connectivity index (χ0) is 13.0. The first-order chi connectivity index (χ1) is 9.27. The van der Waals surface area contributed by atoms with Crippen molar-refractivity contribution in [3.05, 3.63) is 47.3 Å². The van der Waals surface area contributed by atoms with Crippen molar-refractivity contribution in [1.29, 1.82) is 0 Å². The molecule has 0 amide bonds. The second kappa shape index (κ2) is 3.90. The van der Waals surface area contributed by atoms with Crippen LogP contribution in [0.4, 0.5) is 0 Å². The van der Waals surface area contributed by atoms with Crippen molar-refractivity contribution < 1.29 is 5.11 Å². The molecular weight excluding hydrogens is 238 g/mol. The number of aliphatic hydroxyl groups excluding tert-OH is 1. The van der Waals surface area contributed by atoms with Crippen LogP contribution in [0.1, 0.15) is 35.3 Å². The second-order valence-electron chi connectivity index (χ2n) is 5.73. The maximum atomic E-state index is 10.6. The fraction of sp³-hybridized carbons (Fsp3) is 0.467. The number of rotatable bonds is 2. The number of nitrogens with zero attached hydrogens (tertiary/aromatic N) is 3. The number of aryl methyl sites for hydroxylation is 2. The first kappa shape index (κ1) is 11.2. The average Bonchev–Trinajstić information content (AvgIpc) is 3.04. The van der Waals surface area contributed by atoms with E-state index >= 15 is 0 Å². The molecule has 1 N–H and O–H groups in total. The predicted octanol–water partition coefficient (Wildman–Crippen LogP) is 1.82. The Morgan fingerprint density at radius 3 is 3.00 bits per heavy atom. The minimum Gasteiger partial charge on any atom is -0.386 e. The van der Waals surface area contributed by atoms with E-state index in [1.54, 1.807) is 10.9 Å². The van der Waals surface area contributed by atoms with E-state index in [1.165, 1.54) is 17.5 Å². The smallest absolute Gasteiger partial charge is 0.101 e. The molecule has 0 radical (unpaired) electrons. The molecule has 0 aliphatic heterocycles. The van der Waals surface area contributed by atoms with Gasteiger partial charge in [-0.3, -0.25) is 0 Å². The van der Waals surface area contributed by atoms with Crippen LogP contribution < -0.4 is 0 Å². The highest BCUT2D eigenvalue weighted by molar-refractivity contribution is 5.40. The van der Waals surface area contributed by atoms with Crippen molar-refractivity contribution in [2.24, 2.45) is 18.9 Å². The van der Waals surface area contributed by atoms with Crippen molar-refractivity contribution in [3.63, 3.8) is 0 Å². The van der Waals surface area contributed by atoms with E-state index in [9.17, 15) is 5.11 Å². The average molecular weight is 255 g/mol. The summed E-state index contributed by atoms with van der Waals surface area (Å²) in [4.78, 5) is 0. The van der Waals surface area contributed by atoms with Gasteiger partial charge in [0.25, 0.3) is 0 Å². The largest absolute Gasteiger partial charge is 0.386 e. The molecule has 0 bridgehead atoms. The predicted molar refractivity (Wildman–Crippen MR) is 70.4 cm³/mol. The fourth-order valence-electron chi connectivity index (χ4n) is 3.81. The SMILES string of the molecule is Cn1nncc1C(O)C1C2CCc3ccccc3C21. The summed E-state index contributed by atoms with van der Waals surface area (Å²) < 4.78 is 1.68. The van der Waals surface area contributed by atoms with Gasteiger partial charge in [0.2, 0.25) is 0 Å². The van der Waals surface area contributed by atoms with Crippen molar-refractivity contribution in [2.45, 2.75) is 24.9 Å². The first-order valence-electron chi connectivity index (χ1n) is 6.88. The third-order valence-electron chi connectivity index (χ3n) is 4.81.